The van der Waals surface area contributed by atoms with Gasteiger partial charge in [0.05, 0.1) is 14.8 Å². The molecule has 0 bridgehead atoms. The van der Waals surface area contributed by atoms with Gasteiger partial charge in [0.15, 0.2) is 0 Å². The van der Waals surface area contributed by atoms with Gasteiger partial charge in [-0.15, -0.1) is 11.3 Å². The first-order valence-corrected chi connectivity index (χ1v) is 6.91. The van der Waals surface area contributed by atoms with Crippen LogP contribution < -0.4 is 5.32 Å². The lowest BCUT2D eigenvalue weighted by molar-refractivity contribution is 0.0905. The van der Waals surface area contributed by atoms with Gasteiger partial charge >= 0.3 is 0 Å². The van der Waals surface area contributed by atoms with E-state index in [0.717, 1.165) is 22.2 Å². The first kappa shape index (κ1) is 12.1. The van der Waals surface area contributed by atoms with Crippen molar-refractivity contribution in [2.24, 2.45) is 5.92 Å². The van der Waals surface area contributed by atoms with E-state index in [4.69, 9.17) is 0 Å². The number of aliphatic hydroxyl groups excluding tert-OH is 1. The van der Waals surface area contributed by atoms with E-state index in [1.54, 1.807) is 0 Å². The zero-order chi connectivity index (χ0) is 11.7. The molecule has 1 amide bonds. The topological polar surface area (TPSA) is 49.3 Å². The van der Waals surface area contributed by atoms with E-state index in [1.807, 2.05) is 13.0 Å². The maximum Gasteiger partial charge on any atom is 0.261 e. The number of halogens is 1. The molecule has 1 aromatic heterocycles. The van der Waals surface area contributed by atoms with Crippen molar-refractivity contribution in [3.8, 4) is 0 Å². The summed E-state index contributed by atoms with van der Waals surface area (Å²) in [5.41, 5.74) is 1.07. The second kappa shape index (κ2) is 4.85. The van der Waals surface area contributed by atoms with Gasteiger partial charge in [0.2, 0.25) is 0 Å². The van der Waals surface area contributed by atoms with Gasteiger partial charge < -0.3 is 10.4 Å². The Morgan fingerprint density at radius 2 is 2.44 bits per heavy atom. The number of nitrogens with one attached hydrogen (secondary N) is 1. The molecular formula is C11H14BrNO2S. The summed E-state index contributed by atoms with van der Waals surface area (Å²) in [5.74, 6) is 0.301. The predicted molar refractivity (Wildman–Crippen MR) is 67.8 cm³/mol. The van der Waals surface area contributed by atoms with Crippen LogP contribution in [-0.4, -0.2) is 23.7 Å². The van der Waals surface area contributed by atoms with Gasteiger partial charge in [-0.3, -0.25) is 4.79 Å². The number of carbonyl (C=O) groups excluding carboxylic acids is 1. The molecular weight excluding hydrogens is 290 g/mol. The smallest absolute Gasteiger partial charge is 0.261 e. The maximum absolute atomic E-state index is 11.7. The van der Waals surface area contributed by atoms with E-state index in [9.17, 15) is 9.90 Å². The highest BCUT2D eigenvalue weighted by Crippen LogP contribution is 2.32. The van der Waals surface area contributed by atoms with Crippen molar-refractivity contribution in [3.05, 3.63) is 20.3 Å². The van der Waals surface area contributed by atoms with Gasteiger partial charge in [-0.05, 0) is 53.2 Å². The van der Waals surface area contributed by atoms with Crippen molar-refractivity contribution < 1.29 is 9.90 Å². The highest BCUT2D eigenvalue weighted by Gasteiger charge is 2.29. The molecule has 1 fully saturated rings. The van der Waals surface area contributed by atoms with Gasteiger partial charge in [-0.2, -0.15) is 0 Å². The normalized spacial score (nSPS) is 17.2. The molecule has 1 aliphatic carbocycles. The van der Waals surface area contributed by atoms with Crippen LogP contribution in [0.4, 0.5) is 0 Å². The van der Waals surface area contributed by atoms with Crippen LogP contribution in [0.5, 0.6) is 0 Å². The molecule has 1 atom stereocenters. The molecule has 1 aromatic rings. The Labute approximate surface area is 107 Å². The Morgan fingerprint density at radius 3 is 2.94 bits per heavy atom. The predicted octanol–water partition coefficient (Wildman–Crippen LogP) is 2.32. The maximum atomic E-state index is 11.7. The number of aryl methyl sites for hydroxylation is 1. The molecule has 1 saturated carbocycles. The van der Waals surface area contributed by atoms with Crippen LogP contribution in [-0.2, 0) is 0 Å². The molecule has 1 heterocycles. The van der Waals surface area contributed by atoms with Crippen molar-refractivity contribution in [3.63, 3.8) is 0 Å². The number of thiophene rings is 1. The fourth-order valence-electron chi connectivity index (χ4n) is 1.50. The molecule has 88 valence electrons. The zero-order valence-corrected chi connectivity index (χ0v) is 11.4. The van der Waals surface area contributed by atoms with Crippen LogP contribution >= 0.6 is 27.3 Å². The van der Waals surface area contributed by atoms with Crippen molar-refractivity contribution in [2.75, 3.05) is 6.54 Å². The summed E-state index contributed by atoms with van der Waals surface area (Å²) in [6.07, 6.45) is 1.79. The third-order valence-electron chi connectivity index (χ3n) is 2.72. The van der Waals surface area contributed by atoms with E-state index >= 15 is 0 Å². The number of hydrogen-bond acceptors (Lipinski definition) is 3. The minimum Gasteiger partial charge on any atom is -0.391 e. The van der Waals surface area contributed by atoms with Crippen LogP contribution in [0.2, 0.25) is 0 Å². The van der Waals surface area contributed by atoms with E-state index in [0.29, 0.717) is 17.3 Å². The number of aliphatic hydroxyl groups is 1. The second-order valence-corrected chi connectivity index (χ2v) is 6.55. The summed E-state index contributed by atoms with van der Waals surface area (Å²) in [5, 5.41) is 12.4. The summed E-state index contributed by atoms with van der Waals surface area (Å²) in [6.45, 7) is 2.31. The Morgan fingerprint density at radius 1 is 1.75 bits per heavy atom. The van der Waals surface area contributed by atoms with Gasteiger partial charge in [0.25, 0.3) is 5.91 Å². The molecule has 0 radical (unpaired) electrons. The summed E-state index contributed by atoms with van der Waals surface area (Å²) < 4.78 is 0.986. The van der Waals surface area contributed by atoms with Gasteiger partial charge in [0, 0.05) is 6.54 Å². The summed E-state index contributed by atoms with van der Waals surface area (Å²) in [6, 6.07) is 1.85. The Bertz CT molecular complexity index is 381. The van der Waals surface area contributed by atoms with Crippen LogP contribution in [0.15, 0.2) is 9.85 Å². The van der Waals surface area contributed by atoms with E-state index < -0.39 is 0 Å². The number of hydrogen-bond donors (Lipinski definition) is 2. The highest BCUT2D eigenvalue weighted by molar-refractivity contribution is 9.11. The standard InChI is InChI=1S/C11H14BrNO2S/c1-6-4-9(16-10(6)12)11(15)13-5-8(14)7-2-3-7/h4,7-8,14H,2-3,5H2,1H3,(H,13,15). The monoisotopic (exact) mass is 303 g/mol. The number of rotatable bonds is 4. The molecule has 0 aromatic carbocycles. The Balaban J connectivity index is 1.87. The molecule has 16 heavy (non-hydrogen) atoms. The lowest BCUT2D eigenvalue weighted by Gasteiger charge is -2.09. The number of carbonyl (C=O) groups is 1. The molecule has 5 heteroatoms. The lowest BCUT2D eigenvalue weighted by Crippen LogP contribution is -2.32. The van der Waals surface area contributed by atoms with Crippen molar-refractivity contribution in [1.82, 2.24) is 5.32 Å². The van der Waals surface area contributed by atoms with Gasteiger partial charge in [-0.1, -0.05) is 0 Å². The zero-order valence-electron chi connectivity index (χ0n) is 9.00. The summed E-state index contributed by atoms with van der Waals surface area (Å²) >= 11 is 4.81. The van der Waals surface area contributed by atoms with E-state index in [-0.39, 0.29) is 12.0 Å². The quantitative estimate of drug-likeness (QED) is 0.897. The SMILES string of the molecule is Cc1cc(C(=O)NCC(O)C2CC2)sc1Br. The largest absolute Gasteiger partial charge is 0.391 e. The third kappa shape index (κ3) is 2.84. The molecule has 0 spiro atoms. The van der Waals surface area contributed by atoms with Gasteiger partial charge in [-0.25, -0.2) is 0 Å². The van der Waals surface area contributed by atoms with Crippen LogP contribution in [0.25, 0.3) is 0 Å². The van der Waals surface area contributed by atoms with Crippen molar-refractivity contribution in [1.29, 1.82) is 0 Å². The average molecular weight is 304 g/mol. The second-order valence-electron chi connectivity index (χ2n) is 4.18. The third-order valence-corrected chi connectivity index (χ3v) is 4.85. The average Bonchev–Trinajstić information content (AvgIpc) is 3.03. The molecule has 1 aliphatic rings. The van der Waals surface area contributed by atoms with Crippen LogP contribution in [0.1, 0.15) is 28.1 Å². The Kier molecular flexibility index (Phi) is 3.66. The minimum atomic E-state index is -0.381. The Hall–Kier alpha value is -0.390. The molecule has 2 N–H and O–H groups in total. The summed E-state index contributed by atoms with van der Waals surface area (Å²) in [7, 11) is 0. The molecule has 1 unspecified atom stereocenters. The van der Waals surface area contributed by atoms with Crippen LogP contribution in [0.3, 0.4) is 0 Å². The fraction of sp³-hybridized carbons (Fsp3) is 0.545. The van der Waals surface area contributed by atoms with Gasteiger partial charge in [0.1, 0.15) is 0 Å². The first-order valence-electron chi connectivity index (χ1n) is 5.30. The molecule has 2 rings (SSSR count). The van der Waals surface area contributed by atoms with E-state index in [2.05, 4.69) is 21.2 Å². The van der Waals surface area contributed by atoms with E-state index in [1.165, 1.54) is 11.3 Å². The lowest BCUT2D eigenvalue weighted by atomic mass is 10.2. The first-order chi connectivity index (χ1) is 7.58. The minimum absolute atomic E-state index is 0.0986. The summed E-state index contributed by atoms with van der Waals surface area (Å²) in [4.78, 5) is 12.4. The fourth-order valence-corrected chi connectivity index (χ4v) is 2.96. The van der Waals surface area contributed by atoms with Crippen molar-refractivity contribution in [2.45, 2.75) is 25.9 Å². The van der Waals surface area contributed by atoms with Crippen molar-refractivity contribution >= 4 is 33.2 Å². The highest BCUT2D eigenvalue weighted by atomic mass is 79.9. The molecule has 0 aliphatic heterocycles. The van der Waals surface area contributed by atoms with Crippen LogP contribution in [0, 0.1) is 12.8 Å². The molecule has 3 nitrogen and oxygen atoms in total. The molecule has 0 saturated heterocycles. The number of amides is 1.